The molecule has 0 aromatic heterocycles. The Hall–Kier alpha value is -2.58. The first-order valence-corrected chi connectivity index (χ1v) is 11.4. The highest BCUT2D eigenvalue weighted by atomic mass is 32.2. The maximum atomic E-state index is 12.8. The molecule has 1 amide bonds. The number of nitro benzene ring substituents is 1. The number of hydrogen-bond acceptors (Lipinski definition) is 6. The molecule has 8 heteroatoms. The molecule has 1 N–H and O–H groups in total. The molecule has 1 fully saturated rings. The van der Waals surface area contributed by atoms with E-state index in [1.807, 2.05) is 19.1 Å². The maximum absolute atomic E-state index is 12.8. The third-order valence-corrected chi connectivity index (χ3v) is 6.64. The molecule has 2 aromatic carbocycles. The molecule has 0 spiro atoms. The average molecular weight is 444 g/mol. The van der Waals surface area contributed by atoms with Gasteiger partial charge in [-0.25, -0.2) is 0 Å². The molecule has 1 aliphatic heterocycles. The zero-order chi connectivity index (χ0) is 22.2. The predicted octanol–water partition coefficient (Wildman–Crippen LogP) is 4.43. The van der Waals surface area contributed by atoms with Crippen LogP contribution in [0.1, 0.15) is 37.8 Å². The minimum Gasteiger partial charge on any atom is -0.497 e. The van der Waals surface area contributed by atoms with Crippen molar-refractivity contribution < 1.29 is 14.5 Å². The summed E-state index contributed by atoms with van der Waals surface area (Å²) in [6.45, 7) is 4.44. The Morgan fingerprint density at radius 3 is 2.35 bits per heavy atom. The Morgan fingerprint density at radius 2 is 1.77 bits per heavy atom. The molecule has 0 bridgehead atoms. The van der Waals surface area contributed by atoms with Crippen LogP contribution in [0.5, 0.6) is 5.75 Å². The Labute approximate surface area is 187 Å². The molecule has 2 unspecified atom stereocenters. The third-order valence-electron chi connectivity index (χ3n) is 5.53. The fraction of sp³-hybridized carbons (Fsp3) is 0.435. The fourth-order valence-electron chi connectivity index (χ4n) is 3.76. The quantitative estimate of drug-likeness (QED) is 0.351. The van der Waals surface area contributed by atoms with Gasteiger partial charge in [0, 0.05) is 23.6 Å². The smallest absolute Gasteiger partial charge is 0.269 e. The zero-order valence-corrected chi connectivity index (χ0v) is 18.8. The molecule has 166 valence electrons. The number of nitrogens with zero attached hydrogens (tertiary/aromatic N) is 2. The number of likely N-dealkylation sites (tertiary alicyclic amines) is 1. The minimum absolute atomic E-state index is 0.0427. The number of nitro groups is 1. The van der Waals surface area contributed by atoms with Crippen molar-refractivity contribution in [2.75, 3.05) is 26.7 Å². The van der Waals surface area contributed by atoms with E-state index < -0.39 is 4.92 Å². The van der Waals surface area contributed by atoms with Crippen molar-refractivity contribution in [3.05, 3.63) is 64.2 Å². The van der Waals surface area contributed by atoms with E-state index in [0.29, 0.717) is 6.54 Å². The van der Waals surface area contributed by atoms with Crippen LogP contribution >= 0.6 is 11.8 Å². The molecule has 1 heterocycles. The van der Waals surface area contributed by atoms with Gasteiger partial charge in [0.25, 0.3) is 5.69 Å². The number of carbonyl (C=O) groups excluding carboxylic acids is 1. The summed E-state index contributed by atoms with van der Waals surface area (Å²) in [5.41, 5.74) is 1.21. The monoisotopic (exact) mass is 443 g/mol. The van der Waals surface area contributed by atoms with E-state index >= 15 is 0 Å². The van der Waals surface area contributed by atoms with Crippen LogP contribution in [0.2, 0.25) is 0 Å². The van der Waals surface area contributed by atoms with Gasteiger partial charge >= 0.3 is 0 Å². The number of benzene rings is 2. The van der Waals surface area contributed by atoms with Gasteiger partial charge in [-0.3, -0.25) is 19.8 Å². The number of methoxy groups -OCH3 is 1. The van der Waals surface area contributed by atoms with Gasteiger partial charge in [-0.1, -0.05) is 18.6 Å². The lowest BCUT2D eigenvalue weighted by molar-refractivity contribution is -0.384. The topological polar surface area (TPSA) is 84.7 Å². The van der Waals surface area contributed by atoms with Crippen LogP contribution in [0.3, 0.4) is 0 Å². The molecule has 0 aliphatic carbocycles. The molecule has 0 saturated carbocycles. The second-order valence-electron chi connectivity index (χ2n) is 7.64. The van der Waals surface area contributed by atoms with Crippen molar-refractivity contribution in [3.8, 4) is 5.75 Å². The summed E-state index contributed by atoms with van der Waals surface area (Å²) < 4.78 is 5.28. The highest BCUT2D eigenvalue weighted by Gasteiger charge is 2.24. The van der Waals surface area contributed by atoms with E-state index in [2.05, 4.69) is 22.3 Å². The van der Waals surface area contributed by atoms with Crippen molar-refractivity contribution in [1.82, 2.24) is 10.2 Å². The van der Waals surface area contributed by atoms with E-state index in [9.17, 15) is 14.9 Å². The summed E-state index contributed by atoms with van der Waals surface area (Å²) in [6.07, 6.45) is 3.60. The Balaban J connectivity index is 1.62. The second kappa shape index (κ2) is 11.2. The number of nitrogens with one attached hydrogen (secondary N) is 1. The highest BCUT2D eigenvalue weighted by molar-refractivity contribution is 8.00. The highest BCUT2D eigenvalue weighted by Crippen LogP contribution is 2.28. The van der Waals surface area contributed by atoms with Gasteiger partial charge in [-0.05, 0) is 62.7 Å². The number of carbonyl (C=O) groups is 1. The molecule has 1 aliphatic rings. The van der Waals surface area contributed by atoms with Gasteiger partial charge in [0.2, 0.25) is 5.91 Å². The minimum atomic E-state index is -0.426. The van der Waals surface area contributed by atoms with Crippen LogP contribution in [0.25, 0.3) is 0 Å². The standard InChI is InChI=1S/C23H29N3O4S/c1-17(31-21-12-8-19(9-13-21)26(28)29)23(27)24-16-22(25-14-4-3-5-15-25)18-6-10-20(30-2)11-7-18/h6-13,17,22H,3-5,14-16H2,1-2H3,(H,24,27). The van der Waals surface area contributed by atoms with Crippen molar-refractivity contribution >= 4 is 23.4 Å². The molecule has 2 atom stereocenters. The SMILES string of the molecule is COc1ccc(C(CNC(=O)C(C)Sc2ccc([N+](=O)[O-])cc2)N2CCCCC2)cc1. The molecular formula is C23H29N3O4S. The number of rotatable bonds is 9. The Bertz CT molecular complexity index is 867. The van der Waals surface area contributed by atoms with Crippen LogP contribution < -0.4 is 10.1 Å². The van der Waals surface area contributed by atoms with Crippen LogP contribution in [0.4, 0.5) is 5.69 Å². The van der Waals surface area contributed by atoms with Crippen molar-refractivity contribution in [2.24, 2.45) is 0 Å². The third kappa shape index (κ3) is 6.45. The first-order chi connectivity index (χ1) is 15.0. The van der Waals surface area contributed by atoms with Crippen LogP contribution in [0.15, 0.2) is 53.4 Å². The van der Waals surface area contributed by atoms with Gasteiger partial charge in [0.15, 0.2) is 0 Å². The summed E-state index contributed by atoms with van der Waals surface area (Å²) in [6, 6.07) is 14.5. The van der Waals surface area contributed by atoms with Gasteiger partial charge in [0.1, 0.15) is 5.75 Å². The van der Waals surface area contributed by atoms with E-state index in [1.54, 1.807) is 19.2 Å². The Kier molecular flexibility index (Phi) is 8.31. The Morgan fingerprint density at radius 1 is 1.13 bits per heavy atom. The number of piperidine rings is 1. The van der Waals surface area contributed by atoms with E-state index in [1.165, 1.54) is 48.7 Å². The predicted molar refractivity (Wildman–Crippen MR) is 123 cm³/mol. The summed E-state index contributed by atoms with van der Waals surface area (Å²) in [5, 5.41) is 13.6. The van der Waals surface area contributed by atoms with Crippen LogP contribution in [-0.2, 0) is 4.79 Å². The van der Waals surface area contributed by atoms with E-state index in [0.717, 1.165) is 23.7 Å². The molecule has 2 aromatic rings. The summed E-state index contributed by atoms with van der Waals surface area (Å²) >= 11 is 1.40. The second-order valence-corrected chi connectivity index (χ2v) is 9.06. The van der Waals surface area contributed by atoms with E-state index in [4.69, 9.17) is 4.74 Å². The van der Waals surface area contributed by atoms with Crippen molar-refractivity contribution in [3.63, 3.8) is 0 Å². The molecule has 3 rings (SSSR count). The average Bonchev–Trinajstić information content (AvgIpc) is 2.80. The number of hydrogen-bond donors (Lipinski definition) is 1. The van der Waals surface area contributed by atoms with Crippen molar-refractivity contribution in [2.45, 2.75) is 42.4 Å². The van der Waals surface area contributed by atoms with Crippen LogP contribution in [-0.4, -0.2) is 47.7 Å². The largest absolute Gasteiger partial charge is 0.497 e. The first kappa shape index (κ1) is 23.1. The normalized spacial score (nSPS) is 16.3. The molecule has 0 radical (unpaired) electrons. The zero-order valence-electron chi connectivity index (χ0n) is 18.0. The molecule has 31 heavy (non-hydrogen) atoms. The number of ether oxygens (including phenoxy) is 1. The van der Waals surface area contributed by atoms with E-state index in [-0.39, 0.29) is 22.9 Å². The number of thioether (sulfide) groups is 1. The van der Waals surface area contributed by atoms with Gasteiger partial charge < -0.3 is 10.1 Å². The molecule has 1 saturated heterocycles. The molecule has 7 nitrogen and oxygen atoms in total. The number of amides is 1. The van der Waals surface area contributed by atoms with Crippen LogP contribution in [0, 0.1) is 10.1 Å². The fourth-order valence-corrected chi connectivity index (χ4v) is 4.65. The summed E-state index contributed by atoms with van der Waals surface area (Å²) in [5.74, 6) is 0.775. The summed E-state index contributed by atoms with van der Waals surface area (Å²) in [4.78, 5) is 26.4. The summed E-state index contributed by atoms with van der Waals surface area (Å²) in [7, 11) is 1.65. The van der Waals surface area contributed by atoms with Gasteiger partial charge in [-0.2, -0.15) is 0 Å². The van der Waals surface area contributed by atoms with Gasteiger partial charge in [-0.15, -0.1) is 11.8 Å². The van der Waals surface area contributed by atoms with Gasteiger partial charge in [0.05, 0.1) is 23.3 Å². The van der Waals surface area contributed by atoms with Crippen molar-refractivity contribution in [1.29, 1.82) is 0 Å². The lowest BCUT2D eigenvalue weighted by atomic mass is 10.0. The number of non-ortho nitro benzene ring substituents is 1. The lowest BCUT2D eigenvalue weighted by Gasteiger charge is -2.35. The molecular weight excluding hydrogens is 414 g/mol. The maximum Gasteiger partial charge on any atom is 0.269 e. The lowest BCUT2D eigenvalue weighted by Crippen LogP contribution is -2.42. The first-order valence-electron chi connectivity index (χ1n) is 10.5.